The second kappa shape index (κ2) is 3.91. The van der Waals surface area contributed by atoms with Crippen LogP contribution in [0.4, 0.5) is 0 Å². The SMILES string of the molecule is NC[C@H]1OC(S)[C@@H](O)[C@@H](O)[C@@H]1O. The van der Waals surface area contributed by atoms with E-state index in [4.69, 9.17) is 10.5 Å². The van der Waals surface area contributed by atoms with Gasteiger partial charge in [0.05, 0.1) is 6.10 Å². The standard InChI is InChI=1S/C6H13NO4S/c7-1-2-3(8)4(9)5(10)6(12)11-2/h2-6,8-10,12H,1,7H2/t2-,3-,4+,5+,6?/m1/s1. The van der Waals surface area contributed by atoms with Gasteiger partial charge in [0, 0.05) is 6.54 Å². The van der Waals surface area contributed by atoms with Crippen LogP contribution in [0.2, 0.25) is 0 Å². The maximum Gasteiger partial charge on any atom is 0.129 e. The molecule has 0 aromatic rings. The van der Waals surface area contributed by atoms with Crippen LogP contribution in [0, 0.1) is 0 Å². The lowest BCUT2D eigenvalue weighted by molar-refractivity contribution is -0.194. The highest BCUT2D eigenvalue weighted by molar-refractivity contribution is 7.80. The molecular weight excluding hydrogens is 182 g/mol. The lowest BCUT2D eigenvalue weighted by Gasteiger charge is -2.38. The normalized spacial score (nSPS) is 49.2. The van der Waals surface area contributed by atoms with Gasteiger partial charge in [0.15, 0.2) is 0 Å². The van der Waals surface area contributed by atoms with Crippen LogP contribution in [-0.2, 0) is 4.74 Å². The number of aliphatic hydroxyl groups excluding tert-OH is 3. The van der Waals surface area contributed by atoms with E-state index in [2.05, 4.69) is 12.6 Å². The summed E-state index contributed by atoms with van der Waals surface area (Å²) in [6.45, 7) is 0.0853. The number of ether oxygens (including phenoxy) is 1. The van der Waals surface area contributed by atoms with Gasteiger partial charge in [-0.2, -0.15) is 0 Å². The Morgan fingerprint density at radius 1 is 1.17 bits per heavy atom. The number of hydrogen-bond donors (Lipinski definition) is 5. The van der Waals surface area contributed by atoms with Gasteiger partial charge in [0.25, 0.3) is 0 Å². The topological polar surface area (TPSA) is 95.9 Å². The molecule has 1 saturated heterocycles. The Labute approximate surface area is 75.5 Å². The van der Waals surface area contributed by atoms with Gasteiger partial charge in [-0.05, 0) is 0 Å². The highest BCUT2D eigenvalue weighted by Gasteiger charge is 2.41. The molecule has 6 heteroatoms. The predicted octanol–water partition coefficient (Wildman–Crippen LogP) is -2.32. The fourth-order valence-electron chi connectivity index (χ4n) is 1.13. The maximum absolute atomic E-state index is 9.28. The summed E-state index contributed by atoms with van der Waals surface area (Å²) in [7, 11) is 0. The first-order valence-corrected chi connectivity index (χ1v) is 4.17. The number of aliphatic hydroxyl groups is 3. The molecule has 0 radical (unpaired) electrons. The molecule has 0 aromatic heterocycles. The second-order valence-electron chi connectivity index (χ2n) is 2.77. The molecule has 5 atom stereocenters. The van der Waals surface area contributed by atoms with Gasteiger partial charge < -0.3 is 25.8 Å². The van der Waals surface area contributed by atoms with Crippen molar-refractivity contribution in [2.24, 2.45) is 5.73 Å². The van der Waals surface area contributed by atoms with Crippen LogP contribution in [-0.4, -0.2) is 51.7 Å². The van der Waals surface area contributed by atoms with Crippen molar-refractivity contribution in [2.45, 2.75) is 29.9 Å². The van der Waals surface area contributed by atoms with Crippen LogP contribution in [0.15, 0.2) is 0 Å². The first-order chi connectivity index (χ1) is 5.57. The first kappa shape index (κ1) is 10.2. The van der Waals surface area contributed by atoms with Crippen LogP contribution >= 0.6 is 12.6 Å². The molecule has 1 rings (SSSR count). The minimum atomic E-state index is -1.24. The fraction of sp³-hybridized carbons (Fsp3) is 1.00. The molecule has 1 aliphatic heterocycles. The molecule has 0 amide bonds. The lowest BCUT2D eigenvalue weighted by Crippen LogP contribution is -2.57. The summed E-state index contributed by atoms with van der Waals surface area (Å²) in [6, 6.07) is 0. The average molecular weight is 195 g/mol. The van der Waals surface area contributed by atoms with E-state index in [-0.39, 0.29) is 6.54 Å². The lowest BCUT2D eigenvalue weighted by atomic mass is 10.0. The molecule has 5 N–H and O–H groups in total. The number of hydrogen-bond acceptors (Lipinski definition) is 6. The zero-order valence-corrected chi connectivity index (χ0v) is 7.26. The summed E-state index contributed by atoms with van der Waals surface area (Å²) in [4.78, 5) is 0. The van der Waals surface area contributed by atoms with Crippen molar-refractivity contribution in [2.75, 3.05) is 6.54 Å². The average Bonchev–Trinajstić information content (AvgIpc) is 2.08. The van der Waals surface area contributed by atoms with Gasteiger partial charge in [-0.25, -0.2) is 0 Å². The van der Waals surface area contributed by atoms with E-state index in [0.29, 0.717) is 0 Å². The van der Waals surface area contributed by atoms with E-state index in [1.54, 1.807) is 0 Å². The molecule has 0 aliphatic carbocycles. The van der Waals surface area contributed by atoms with Gasteiger partial charge in [-0.3, -0.25) is 0 Å². The molecule has 0 spiro atoms. The van der Waals surface area contributed by atoms with Crippen LogP contribution in [0.3, 0.4) is 0 Å². The fourth-order valence-corrected chi connectivity index (χ4v) is 1.46. The molecule has 72 valence electrons. The minimum absolute atomic E-state index is 0.0853. The van der Waals surface area contributed by atoms with Gasteiger partial charge in [0.1, 0.15) is 23.7 Å². The highest BCUT2D eigenvalue weighted by Crippen LogP contribution is 2.22. The van der Waals surface area contributed by atoms with Crippen molar-refractivity contribution in [1.29, 1.82) is 0 Å². The van der Waals surface area contributed by atoms with E-state index < -0.39 is 29.9 Å². The number of nitrogens with two attached hydrogens (primary N) is 1. The Balaban J connectivity index is 2.63. The van der Waals surface area contributed by atoms with Gasteiger partial charge >= 0.3 is 0 Å². The number of rotatable bonds is 1. The summed E-state index contributed by atoms with van der Waals surface area (Å²) >= 11 is 3.87. The third-order valence-electron chi connectivity index (χ3n) is 1.92. The molecule has 1 unspecified atom stereocenters. The summed E-state index contributed by atoms with van der Waals surface area (Å²) in [5.41, 5.74) is 4.46. The Morgan fingerprint density at radius 3 is 2.25 bits per heavy atom. The van der Waals surface area contributed by atoms with E-state index in [1.165, 1.54) is 0 Å². The van der Waals surface area contributed by atoms with Crippen molar-refractivity contribution in [1.82, 2.24) is 0 Å². The third kappa shape index (κ3) is 1.73. The molecule has 0 saturated carbocycles. The zero-order valence-electron chi connectivity index (χ0n) is 6.37. The largest absolute Gasteiger partial charge is 0.388 e. The van der Waals surface area contributed by atoms with Crippen molar-refractivity contribution < 1.29 is 20.1 Å². The van der Waals surface area contributed by atoms with Crippen LogP contribution in [0.25, 0.3) is 0 Å². The van der Waals surface area contributed by atoms with Crippen molar-refractivity contribution in [3.8, 4) is 0 Å². The summed E-state index contributed by atoms with van der Waals surface area (Å²) in [5, 5.41) is 27.7. The molecule has 1 heterocycles. The third-order valence-corrected chi connectivity index (χ3v) is 2.35. The maximum atomic E-state index is 9.28. The summed E-state index contributed by atoms with van der Waals surface area (Å²) in [6.07, 6.45) is -4.22. The van der Waals surface area contributed by atoms with Gasteiger partial charge in [-0.1, -0.05) is 0 Å². The van der Waals surface area contributed by atoms with Gasteiger partial charge in [-0.15, -0.1) is 12.6 Å². The van der Waals surface area contributed by atoms with E-state index >= 15 is 0 Å². The molecule has 1 aliphatic rings. The summed E-state index contributed by atoms with van der Waals surface area (Å²) < 4.78 is 5.01. The Kier molecular flexibility index (Phi) is 3.33. The van der Waals surface area contributed by atoms with Gasteiger partial charge in [0.2, 0.25) is 0 Å². The Morgan fingerprint density at radius 2 is 1.75 bits per heavy atom. The zero-order chi connectivity index (χ0) is 9.30. The predicted molar refractivity (Wildman–Crippen MR) is 44.7 cm³/mol. The van der Waals surface area contributed by atoms with E-state index in [9.17, 15) is 15.3 Å². The van der Waals surface area contributed by atoms with Crippen molar-refractivity contribution >= 4 is 12.6 Å². The molecule has 0 bridgehead atoms. The summed E-state index contributed by atoms with van der Waals surface area (Å²) in [5.74, 6) is 0. The van der Waals surface area contributed by atoms with Crippen LogP contribution < -0.4 is 5.73 Å². The Hall–Kier alpha value is 0.150. The molecule has 12 heavy (non-hydrogen) atoms. The molecular formula is C6H13NO4S. The second-order valence-corrected chi connectivity index (χ2v) is 3.28. The quantitative estimate of drug-likeness (QED) is 0.303. The van der Waals surface area contributed by atoms with Crippen LogP contribution in [0.1, 0.15) is 0 Å². The minimum Gasteiger partial charge on any atom is -0.388 e. The van der Waals surface area contributed by atoms with Crippen molar-refractivity contribution in [3.63, 3.8) is 0 Å². The Bertz CT molecular complexity index is 154. The van der Waals surface area contributed by atoms with Crippen molar-refractivity contribution in [3.05, 3.63) is 0 Å². The molecule has 5 nitrogen and oxygen atoms in total. The van der Waals surface area contributed by atoms with E-state index in [0.717, 1.165) is 0 Å². The molecule has 1 fully saturated rings. The van der Waals surface area contributed by atoms with E-state index in [1.807, 2.05) is 0 Å². The first-order valence-electron chi connectivity index (χ1n) is 3.65. The molecule has 0 aromatic carbocycles. The monoisotopic (exact) mass is 195 g/mol. The van der Waals surface area contributed by atoms with Crippen LogP contribution in [0.5, 0.6) is 0 Å². The number of thiol groups is 1. The smallest absolute Gasteiger partial charge is 0.129 e. The highest BCUT2D eigenvalue weighted by atomic mass is 32.1.